The number of aliphatic imine (C=N–C) groups is 1. The fourth-order valence-corrected chi connectivity index (χ4v) is 3.08. The van der Waals surface area contributed by atoms with Gasteiger partial charge in [-0.25, -0.2) is 9.38 Å². The molecule has 0 bridgehead atoms. The Hall–Kier alpha value is -2.40. The van der Waals surface area contributed by atoms with Gasteiger partial charge in [0.1, 0.15) is 5.82 Å². The quantitative estimate of drug-likeness (QED) is 0.812. The number of hydrogen-bond acceptors (Lipinski definition) is 3. The Morgan fingerprint density at radius 3 is 2.38 bits per heavy atom. The molecule has 0 radical (unpaired) electrons. The summed E-state index contributed by atoms with van der Waals surface area (Å²) in [4.78, 5) is 17.0. The van der Waals surface area contributed by atoms with Crippen LogP contribution in [0, 0.1) is 5.82 Å². The van der Waals surface area contributed by atoms with Gasteiger partial charge in [-0.15, -0.1) is 0 Å². The molecule has 1 amide bonds. The number of benzene rings is 2. The predicted octanol–water partition coefficient (Wildman–Crippen LogP) is 4.84. The number of hydrogen-bond donors (Lipinski definition) is 1. The van der Waals surface area contributed by atoms with Crippen LogP contribution in [0.25, 0.3) is 6.08 Å². The van der Waals surface area contributed by atoms with Crippen LogP contribution in [0.3, 0.4) is 0 Å². The molecule has 5 heteroatoms. The molecule has 3 nitrogen and oxygen atoms in total. The second kappa shape index (κ2) is 7.01. The van der Waals surface area contributed by atoms with E-state index in [1.807, 2.05) is 18.2 Å². The molecule has 1 fully saturated rings. The highest BCUT2D eigenvalue weighted by atomic mass is 32.2. The van der Waals surface area contributed by atoms with Gasteiger partial charge in [0.05, 0.1) is 10.6 Å². The third kappa shape index (κ3) is 3.92. The first-order valence-corrected chi connectivity index (χ1v) is 8.48. The van der Waals surface area contributed by atoms with E-state index in [9.17, 15) is 9.18 Å². The van der Waals surface area contributed by atoms with E-state index in [0.29, 0.717) is 21.7 Å². The second-order valence-electron chi connectivity index (χ2n) is 5.78. The summed E-state index contributed by atoms with van der Waals surface area (Å²) in [5, 5.41) is 3.23. The molecule has 2 aromatic carbocycles. The maximum absolute atomic E-state index is 12.9. The molecule has 1 N–H and O–H groups in total. The van der Waals surface area contributed by atoms with E-state index >= 15 is 0 Å². The molecule has 0 aliphatic carbocycles. The highest BCUT2D eigenvalue weighted by molar-refractivity contribution is 8.18. The smallest absolute Gasteiger partial charge is 0.264 e. The van der Waals surface area contributed by atoms with E-state index < -0.39 is 0 Å². The minimum Gasteiger partial charge on any atom is -0.300 e. The van der Waals surface area contributed by atoms with Crippen LogP contribution in [0.2, 0.25) is 0 Å². The van der Waals surface area contributed by atoms with Crippen molar-refractivity contribution in [1.29, 1.82) is 0 Å². The number of halogens is 1. The van der Waals surface area contributed by atoms with Gasteiger partial charge in [0.2, 0.25) is 0 Å². The van der Waals surface area contributed by atoms with Crippen LogP contribution in [0.1, 0.15) is 30.9 Å². The minimum absolute atomic E-state index is 0.172. The maximum Gasteiger partial charge on any atom is 0.264 e. The largest absolute Gasteiger partial charge is 0.300 e. The molecule has 1 aliphatic heterocycles. The summed E-state index contributed by atoms with van der Waals surface area (Å²) in [6, 6.07) is 14.0. The SMILES string of the molecule is CC(C)c1ccc(/C=C2\SC(=Nc3ccc(F)cc3)NC2=O)cc1. The lowest BCUT2D eigenvalue weighted by atomic mass is 10.0. The molecular weight excluding hydrogens is 323 g/mol. The van der Waals surface area contributed by atoms with Crippen LogP contribution in [0.5, 0.6) is 0 Å². The Labute approximate surface area is 144 Å². The summed E-state index contributed by atoms with van der Waals surface area (Å²) in [5.74, 6) is -0.00779. The Kier molecular flexibility index (Phi) is 4.81. The predicted molar refractivity (Wildman–Crippen MR) is 97.7 cm³/mol. The molecule has 0 spiro atoms. The van der Waals surface area contributed by atoms with Crippen LogP contribution in [0.4, 0.5) is 10.1 Å². The molecule has 122 valence electrons. The van der Waals surface area contributed by atoms with E-state index in [-0.39, 0.29) is 11.7 Å². The number of thioether (sulfide) groups is 1. The summed E-state index contributed by atoms with van der Waals surface area (Å²) in [5.41, 5.74) is 2.83. The van der Waals surface area contributed by atoms with Crippen molar-refractivity contribution in [1.82, 2.24) is 5.32 Å². The van der Waals surface area contributed by atoms with Crippen LogP contribution in [-0.2, 0) is 4.79 Å². The average Bonchev–Trinajstić information content (AvgIpc) is 2.89. The molecule has 0 unspecified atom stereocenters. The first kappa shape index (κ1) is 16.5. The lowest BCUT2D eigenvalue weighted by Crippen LogP contribution is -2.19. The van der Waals surface area contributed by atoms with Gasteiger partial charge in [-0.05, 0) is 59.1 Å². The van der Waals surface area contributed by atoms with E-state index in [1.54, 1.807) is 12.1 Å². The second-order valence-corrected chi connectivity index (χ2v) is 6.81. The van der Waals surface area contributed by atoms with Crippen molar-refractivity contribution in [3.8, 4) is 0 Å². The van der Waals surface area contributed by atoms with Crippen molar-refractivity contribution in [2.24, 2.45) is 4.99 Å². The minimum atomic E-state index is -0.313. The van der Waals surface area contributed by atoms with Crippen molar-refractivity contribution in [3.05, 3.63) is 70.4 Å². The third-order valence-electron chi connectivity index (χ3n) is 3.61. The summed E-state index contributed by atoms with van der Waals surface area (Å²) in [6.07, 6.45) is 1.84. The first-order chi connectivity index (χ1) is 11.5. The number of amidine groups is 1. The summed E-state index contributed by atoms with van der Waals surface area (Å²) < 4.78 is 12.9. The lowest BCUT2D eigenvalue weighted by molar-refractivity contribution is -0.115. The summed E-state index contributed by atoms with van der Waals surface area (Å²) >= 11 is 1.28. The Bertz CT molecular complexity index is 808. The van der Waals surface area contributed by atoms with Crippen molar-refractivity contribution in [3.63, 3.8) is 0 Å². The molecule has 1 aliphatic rings. The van der Waals surface area contributed by atoms with Crippen molar-refractivity contribution in [2.75, 3.05) is 0 Å². The Morgan fingerprint density at radius 1 is 1.08 bits per heavy atom. The number of amides is 1. The highest BCUT2D eigenvalue weighted by Gasteiger charge is 2.23. The van der Waals surface area contributed by atoms with Crippen molar-refractivity contribution >= 4 is 34.6 Å². The summed E-state index contributed by atoms with van der Waals surface area (Å²) in [6.45, 7) is 4.29. The zero-order valence-corrected chi connectivity index (χ0v) is 14.2. The van der Waals surface area contributed by atoms with E-state index in [1.165, 1.54) is 29.5 Å². The first-order valence-electron chi connectivity index (χ1n) is 7.66. The van der Waals surface area contributed by atoms with Gasteiger partial charge in [-0.3, -0.25) is 4.79 Å². The topological polar surface area (TPSA) is 41.5 Å². The van der Waals surface area contributed by atoms with Crippen molar-refractivity contribution < 1.29 is 9.18 Å². The van der Waals surface area contributed by atoms with Crippen LogP contribution < -0.4 is 5.32 Å². The number of carbonyl (C=O) groups is 1. The van der Waals surface area contributed by atoms with E-state index in [0.717, 1.165) is 5.56 Å². The maximum atomic E-state index is 12.9. The van der Waals surface area contributed by atoms with Gasteiger partial charge >= 0.3 is 0 Å². The van der Waals surface area contributed by atoms with Gasteiger partial charge in [-0.2, -0.15) is 0 Å². The van der Waals surface area contributed by atoms with Gasteiger partial charge in [0, 0.05) is 0 Å². The highest BCUT2D eigenvalue weighted by Crippen LogP contribution is 2.28. The molecule has 0 saturated carbocycles. The van der Waals surface area contributed by atoms with Crippen LogP contribution >= 0.6 is 11.8 Å². The molecule has 2 aromatic rings. The Morgan fingerprint density at radius 2 is 1.75 bits per heavy atom. The molecule has 0 aromatic heterocycles. The third-order valence-corrected chi connectivity index (χ3v) is 4.52. The van der Waals surface area contributed by atoms with Crippen LogP contribution in [-0.4, -0.2) is 11.1 Å². The van der Waals surface area contributed by atoms with E-state index in [4.69, 9.17) is 0 Å². The monoisotopic (exact) mass is 340 g/mol. The lowest BCUT2D eigenvalue weighted by Gasteiger charge is -2.04. The molecule has 1 saturated heterocycles. The van der Waals surface area contributed by atoms with Gasteiger partial charge in [0.15, 0.2) is 5.17 Å². The molecule has 3 rings (SSSR count). The van der Waals surface area contributed by atoms with Gasteiger partial charge in [-0.1, -0.05) is 38.1 Å². The fraction of sp³-hybridized carbons (Fsp3) is 0.158. The van der Waals surface area contributed by atoms with Gasteiger partial charge < -0.3 is 5.32 Å². The van der Waals surface area contributed by atoms with Gasteiger partial charge in [0.25, 0.3) is 5.91 Å². The standard InChI is InChI=1S/C19H17FN2OS/c1-12(2)14-5-3-13(4-6-14)11-17-18(23)22-19(24-17)21-16-9-7-15(20)8-10-16/h3-12H,1-2H3,(H,21,22,23)/b17-11-. The fourth-order valence-electron chi connectivity index (χ4n) is 2.24. The van der Waals surface area contributed by atoms with Crippen molar-refractivity contribution in [2.45, 2.75) is 19.8 Å². The number of nitrogens with one attached hydrogen (secondary N) is 1. The Balaban J connectivity index is 1.77. The summed E-state index contributed by atoms with van der Waals surface area (Å²) in [7, 11) is 0. The molecular formula is C19H17FN2OS. The normalized spacial score (nSPS) is 17.8. The zero-order chi connectivity index (χ0) is 17.1. The number of rotatable bonds is 3. The molecule has 1 heterocycles. The number of carbonyl (C=O) groups excluding carboxylic acids is 1. The van der Waals surface area contributed by atoms with Crippen LogP contribution in [0.15, 0.2) is 58.4 Å². The molecule has 24 heavy (non-hydrogen) atoms. The number of nitrogens with zero attached hydrogens (tertiary/aromatic N) is 1. The van der Waals surface area contributed by atoms with E-state index in [2.05, 4.69) is 36.3 Å². The average molecular weight is 340 g/mol. The molecule has 0 atom stereocenters. The zero-order valence-electron chi connectivity index (χ0n) is 13.4.